The van der Waals surface area contributed by atoms with Crippen LogP contribution in [0.2, 0.25) is 5.02 Å². The van der Waals surface area contributed by atoms with E-state index < -0.39 is 28.0 Å². The van der Waals surface area contributed by atoms with Crippen molar-refractivity contribution in [1.82, 2.24) is 0 Å². The maximum absolute atomic E-state index is 12.3. The summed E-state index contributed by atoms with van der Waals surface area (Å²) >= 11 is 5.81. The lowest BCUT2D eigenvalue weighted by atomic mass is 10.2. The molecule has 8 heteroatoms. The van der Waals surface area contributed by atoms with Gasteiger partial charge in [0.25, 0.3) is 0 Å². The molecule has 26 heavy (non-hydrogen) atoms. The molecule has 0 aromatic heterocycles. The average molecular weight is 396 g/mol. The maximum Gasteiger partial charge on any atom is 0.338 e. The van der Waals surface area contributed by atoms with Gasteiger partial charge in [0.1, 0.15) is 11.9 Å². The summed E-state index contributed by atoms with van der Waals surface area (Å²) in [5.74, 6) is -0.191. The zero-order valence-corrected chi connectivity index (χ0v) is 15.6. The Morgan fingerprint density at radius 2 is 1.73 bits per heavy atom. The molecule has 1 aliphatic rings. The van der Waals surface area contributed by atoms with Gasteiger partial charge < -0.3 is 14.8 Å². The fraction of sp³-hybridized carbons (Fsp3) is 0.278. The van der Waals surface area contributed by atoms with E-state index >= 15 is 0 Å². The molecular formula is C18H18ClNO5S. The van der Waals surface area contributed by atoms with Gasteiger partial charge in [0.05, 0.1) is 30.2 Å². The summed E-state index contributed by atoms with van der Waals surface area (Å²) in [6.07, 6.45) is -0.773. The summed E-state index contributed by atoms with van der Waals surface area (Å²) in [6.45, 7) is 0. The van der Waals surface area contributed by atoms with Gasteiger partial charge in [0.2, 0.25) is 0 Å². The number of rotatable bonds is 5. The molecule has 2 aromatic rings. The van der Waals surface area contributed by atoms with Gasteiger partial charge in [0, 0.05) is 10.7 Å². The third kappa shape index (κ3) is 4.47. The maximum atomic E-state index is 12.3. The SMILES string of the molecule is COc1ccc(N[C@H]2CS(=O)(=O)C[C@@H]2OC(=O)c2ccc(Cl)cc2)cc1. The smallest absolute Gasteiger partial charge is 0.338 e. The monoisotopic (exact) mass is 395 g/mol. The fourth-order valence-electron chi connectivity index (χ4n) is 2.76. The zero-order chi connectivity index (χ0) is 18.7. The summed E-state index contributed by atoms with van der Waals surface area (Å²) in [6, 6.07) is 12.8. The molecule has 1 saturated heterocycles. The van der Waals surface area contributed by atoms with Crippen molar-refractivity contribution in [2.45, 2.75) is 12.1 Å². The molecule has 0 aliphatic carbocycles. The van der Waals surface area contributed by atoms with E-state index in [0.29, 0.717) is 16.3 Å². The highest BCUT2D eigenvalue weighted by molar-refractivity contribution is 7.91. The molecule has 1 N–H and O–H groups in total. The first-order valence-corrected chi connectivity index (χ1v) is 10.1. The molecule has 0 radical (unpaired) electrons. The molecule has 0 bridgehead atoms. The van der Waals surface area contributed by atoms with Gasteiger partial charge in [-0.2, -0.15) is 0 Å². The Morgan fingerprint density at radius 1 is 1.08 bits per heavy atom. The minimum Gasteiger partial charge on any atom is -0.497 e. The van der Waals surface area contributed by atoms with Crippen LogP contribution in [0.4, 0.5) is 5.69 Å². The Hall–Kier alpha value is -2.25. The van der Waals surface area contributed by atoms with E-state index in [1.165, 1.54) is 0 Å². The Morgan fingerprint density at radius 3 is 2.35 bits per heavy atom. The second kappa shape index (κ2) is 7.55. The number of carbonyl (C=O) groups is 1. The summed E-state index contributed by atoms with van der Waals surface area (Å²) < 4.78 is 34.6. The molecule has 2 atom stereocenters. The lowest BCUT2D eigenvalue weighted by Crippen LogP contribution is -2.35. The van der Waals surface area contributed by atoms with Crippen molar-refractivity contribution >= 4 is 33.1 Å². The number of hydrogen-bond acceptors (Lipinski definition) is 6. The molecule has 1 aliphatic heterocycles. The molecule has 0 amide bonds. The van der Waals surface area contributed by atoms with Crippen molar-refractivity contribution in [3.05, 3.63) is 59.1 Å². The first-order chi connectivity index (χ1) is 12.4. The second-order valence-electron chi connectivity index (χ2n) is 6.01. The fourth-order valence-corrected chi connectivity index (χ4v) is 4.67. The highest BCUT2D eigenvalue weighted by Crippen LogP contribution is 2.23. The average Bonchev–Trinajstić information content (AvgIpc) is 2.89. The van der Waals surface area contributed by atoms with Crippen LogP contribution < -0.4 is 10.1 Å². The van der Waals surface area contributed by atoms with E-state index in [4.69, 9.17) is 21.1 Å². The van der Waals surface area contributed by atoms with Gasteiger partial charge in [-0.05, 0) is 48.5 Å². The Bertz CT molecular complexity index is 881. The van der Waals surface area contributed by atoms with Crippen LogP contribution in [0.15, 0.2) is 48.5 Å². The largest absolute Gasteiger partial charge is 0.497 e. The van der Waals surface area contributed by atoms with Crippen molar-refractivity contribution in [3.63, 3.8) is 0 Å². The summed E-state index contributed by atoms with van der Waals surface area (Å²) in [4.78, 5) is 12.3. The molecule has 6 nitrogen and oxygen atoms in total. The van der Waals surface area contributed by atoms with Crippen molar-refractivity contribution < 1.29 is 22.7 Å². The molecule has 138 valence electrons. The van der Waals surface area contributed by atoms with Crippen molar-refractivity contribution in [3.8, 4) is 5.75 Å². The van der Waals surface area contributed by atoms with Crippen LogP contribution in [0.5, 0.6) is 5.75 Å². The van der Waals surface area contributed by atoms with E-state index in [0.717, 1.165) is 5.69 Å². The number of sulfone groups is 1. The molecule has 2 aromatic carbocycles. The van der Waals surface area contributed by atoms with E-state index in [-0.39, 0.29) is 11.5 Å². The van der Waals surface area contributed by atoms with Gasteiger partial charge in [-0.3, -0.25) is 0 Å². The highest BCUT2D eigenvalue weighted by atomic mass is 35.5. The summed E-state index contributed by atoms with van der Waals surface area (Å²) in [5, 5.41) is 3.63. The standard InChI is InChI=1S/C18H18ClNO5S/c1-24-15-8-6-14(7-9-15)20-16-10-26(22,23)11-17(16)25-18(21)12-2-4-13(19)5-3-12/h2-9,16-17,20H,10-11H2,1H3/t16-,17-/m0/s1. The van der Waals surface area contributed by atoms with Gasteiger partial charge >= 0.3 is 5.97 Å². The van der Waals surface area contributed by atoms with Crippen LogP contribution in [0.3, 0.4) is 0 Å². The van der Waals surface area contributed by atoms with Crippen molar-refractivity contribution in [2.75, 3.05) is 23.9 Å². The summed E-state index contributed by atoms with van der Waals surface area (Å²) in [7, 11) is -1.73. The number of esters is 1. The molecule has 0 saturated carbocycles. The number of nitrogens with one attached hydrogen (secondary N) is 1. The van der Waals surface area contributed by atoms with Crippen LogP contribution >= 0.6 is 11.6 Å². The van der Waals surface area contributed by atoms with E-state index in [2.05, 4.69) is 5.32 Å². The van der Waals surface area contributed by atoms with E-state index in [1.54, 1.807) is 55.6 Å². The Labute approximate surface area is 157 Å². The lowest BCUT2D eigenvalue weighted by molar-refractivity contribution is 0.0337. The molecule has 3 rings (SSSR count). The van der Waals surface area contributed by atoms with Crippen LogP contribution in [0.25, 0.3) is 0 Å². The minimum absolute atomic E-state index is 0.0996. The number of ether oxygens (including phenoxy) is 2. The zero-order valence-electron chi connectivity index (χ0n) is 14.0. The third-order valence-corrected chi connectivity index (χ3v) is 6.04. The van der Waals surface area contributed by atoms with Crippen molar-refractivity contribution in [1.29, 1.82) is 0 Å². The molecule has 1 heterocycles. The van der Waals surface area contributed by atoms with Gasteiger partial charge in [-0.25, -0.2) is 13.2 Å². The predicted octanol–water partition coefficient (Wildman–Crippen LogP) is 2.78. The van der Waals surface area contributed by atoms with Crippen LogP contribution in [-0.2, 0) is 14.6 Å². The number of hydrogen-bond donors (Lipinski definition) is 1. The summed E-state index contributed by atoms with van der Waals surface area (Å²) in [5.41, 5.74) is 1.04. The lowest BCUT2D eigenvalue weighted by Gasteiger charge is -2.21. The minimum atomic E-state index is -3.30. The first kappa shape index (κ1) is 18.5. The molecular weight excluding hydrogens is 378 g/mol. The van der Waals surface area contributed by atoms with Gasteiger partial charge in [0.15, 0.2) is 9.84 Å². The molecule has 1 fully saturated rings. The highest BCUT2D eigenvalue weighted by Gasteiger charge is 2.40. The quantitative estimate of drug-likeness (QED) is 0.784. The van der Waals surface area contributed by atoms with Crippen LogP contribution in [0, 0.1) is 0 Å². The van der Waals surface area contributed by atoms with E-state index in [9.17, 15) is 13.2 Å². The number of methoxy groups -OCH3 is 1. The molecule has 0 unspecified atom stereocenters. The molecule has 0 spiro atoms. The normalized spacial score (nSPS) is 21.2. The van der Waals surface area contributed by atoms with Crippen LogP contribution in [-0.4, -0.2) is 45.1 Å². The van der Waals surface area contributed by atoms with E-state index in [1.807, 2.05) is 0 Å². The second-order valence-corrected chi connectivity index (χ2v) is 8.60. The predicted molar refractivity (Wildman–Crippen MR) is 99.7 cm³/mol. The number of carbonyl (C=O) groups excluding carboxylic acids is 1. The van der Waals surface area contributed by atoms with Gasteiger partial charge in [-0.1, -0.05) is 11.6 Å². The van der Waals surface area contributed by atoms with Crippen molar-refractivity contribution in [2.24, 2.45) is 0 Å². The number of halogens is 1. The van der Waals surface area contributed by atoms with Crippen LogP contribution in [0.1, 0.15) is 10.4 Å². The van der Waals surface area contributed by atoms with Gasteiger partial charge in [-0.15, -0.1) is 0 Å². The Kier molecular flexibility index (Phi) is 5.38. The Balaban J connectivity index is 1.73. The third-order valence-electron chi connectivity index (χ3n) is 4.08. The number of benzene rings is 2. The first-order valence-electron chi connectivity index (χ1n) is 7.94. The number of anilines is 1. The topological polar surface area (TPSA) is 81.7 Å².